The van der Waals surface area contributed by atoms with Crippen LogP contribution in [0.15, 0.2) is 11.3 Å². The largest absolute Gasteiger partial charge is 0.356 e. The van der Waals surface area contributed by atoms with Crippen molar-refractivity contribution < 1.29 is 0 Å². The summed E-state index contributed by atoms with van der Waals surface area (Å²) in [6.07, 6.45) is 8.19. The molecule has 1 saturated carbocycles. The number of aromatic nitrogens is 3. The summed E-state index contributed by atoms with van der Waals surface area (Å²) in [6.45, 7) is 3.93. The van der Waals surface area contributed by atoms with Gasteiger partial charge in [0, 0.05) is 20.6 Å². The highest BCUT2D eigenvalue weighted by molar-refractivity contribution is 5.79. The standard InChI is InChI=1S/C14H26N6/c1-4-14(7-5-6-8-14)10-17-13(15-2)16-9-12-18-11-19-20(12)3/h11H,4-10H2,1-3H3,(H2,15,16,17). The van der Waals surface area contributed by atoms with Gasteiger partial charge in [-0.25, -0.2) is 4.98 Å². The average Bonchev–Trinajstić information content (AvgIpc) is 3.09. The Morgan fingerprint density at radius 1 is 1.40 bits per heavy atom. The van der Waals surface area contributed by atoms with Gasteiger partial charge in [0.05, 0.1) is 6.54 Å². The first-order valence-electron chi connectivity index (χ1n) is 7.46. The average molecular weight is 278 g/mol. The summed E-state index contributed by atoms with van der Waals surface area (Å²) in [5.41, 5.74) is 0.461. The van der Waals surface area contributed by atoms with E-state index in [9.17, 15) is 0 Å². The van der Waals surface area contributed by atoms with Crippen LogP contribution in [0.1, 0.15) is 44.9 Å². The molecule has 112 valence electrons. The molecule has 1 aromatic rings. The molecule has 1 heterocycles. The highest BCUT2D eigenvalue weighted by atomic mass is 15.3. The molecule has 1 aromatic heterocycles. The predicted molar refractivity (Wildman–Crippen MR) is 80.4 cm³/mol. The van der Waals surface area contributed by atoms with Crippen LogP contribution >= 0.6 is 0 Å². The second kappa shape index (κ2) is 6.72. The van der Waals surface area contributed by atoms with Gasteiger partial charge in [-0.1, -0.05) is 19.8 Å². The number of guanidine groups is 1. The molecule has 1 aliphatic carbocycles. The molecule has 1 fully saturated rings. The summed E-state index contributed by atoms with van der Waals surface area (Å²) in [5, 5.41) is 10.8. The smallest absolute Gasteiger partial charge is 0.191 e. The van der Waals surface area contributed by atoms with E-state index in [0.717, 1.165) is 18.3 Å². The summed E-state index contributed by atoms with van der Waals surface area (Å²) in [7, 11) is 3.70. The van der Waals surface area contributed by atoms with Crippen LogP contribution in [0.3, 0.4) is 0 Å². The first-order valence-corrected chi connectivity index (χ1v) is 7.46. The van der Waals surface area contributed by atoms with Crippen molar-refractivity contribution in [2.75, 3.05) is 13.6 Å². The topological polar surface area (TPSA) is 67.1 Å². The number of nitrogens with one attached hydrogen (secondary N) is 2. The third-order valence-corrected chi connectivity index (χ3v) is 4.49. The fraction of sp³-hybridized carbons (Fsp3) is 0.786. The van der Waals surface area contributed by atoms with Crippen LogP contribution in [0, 0.1) is 5.41 Å². The highest BCUT2D eigenvalue weighted by Gasteiger charge is 2.31. The van der Waals surface area contributed by atoms with Crippen LogP contribution in [0.25, 0.3) is 0 Å². The van der Waals surface area contributed by atoms with Crippen molar-refractivity contribution in [3.63, 3.8) is 0 Å². The predicted octanol–water partition coefficient (Wildman–Crippen LogP) is 1.45. The van der Waals surface area contributed by atoms with Crippen molar-refractivity contribution in [2.24, 2.45) is 17.5 Å². The Balaban J connectivity index is 1.82. The number of aryl methyl sites for hydroxylation is 1. The van der Waals surface area contributed by atoms with Gasteiger partial charge in [-0.15, -0.1) is 0 Å². The lowest BCUT2D eigenvalue weighted by Crippen LogP contribution is -2.42. The minimum atomic E-state index is 0.461. The molecule has 0 spiro atoms. The summed E-state index contributed by atoms with van der Waals surface area (Å²) in [6, 6.07) is 0. The molecule has 1 aliphatic rings. The molecule has 2 N–H and O–H groups in total. The Hall–Kier alpha value is -1.59. The third kappa shape index (κ3) is 3.49. The molecule has 0 atom stereocenters. The van der Waals surface area contributed by atoms with Gasteiger partial charge in [0.15, 0.2) is 5.96 Å². The Kier molecular flexibility index (Phi) is 4.98. The van der Waals surface area contributed by atoms with Gasteiger partial charge < -0.3 is 10.6 Å². The van der Waals surface area contributed by atoms with Crippen molar-refractivity contribution in [3.8, 4) is 0 Å². The highest BCUT2D eigenvalue weighted by Crippen LogP contribution is 2.40. The normalized spacial score (nSPS) is 18.2. The molecule has 0 unspecified atom stereocenters. The zero-order chi connectivity index (χ0) is 14.4. The number of nitrogens with zero attached hydrogens (tertiary/aromatic N) is 4. The van der Waals surface area contributed by atoms with E-state index in [-0.39, 0.29) is 0 Å². The monoisotopic (exact) mass is 278 g/mol. The van der Waals surface area contributed by atoms with Gasteiger partial charge in [0.2, 0.25) is 0 Å². The Labute approximate surface area is 121 Å². The SMILES string of the molecule is CCC1(CNC(=NC)NCc2ncnn2C)CCCC1. The fourth-order valence-electron chi connectivity index (χ4n) is 2.92. The molecular weight excluding hydrogens is 252 g/mol. The number of rotatable bonds is 5. The second-order valence-electron chi connectivity index (χ2n) is 5.64. The van der Waals surface area contributed by atoms with E-state index in [2.05, 4.69) is 32.6 Å². The van der Waals surface area contributed by atoms with Crippen LogP contribution < -0.4 is 10.6 Å². The molecular formula is C14H26N6. The third-order valence-electron chi connectivity index (χ3n) is 4.49. The van der Waals surface area contributed by atoms with Gasteiger partial charge >= 0.3 is 0 Å². The van der Waals surface area contributed by atoms with Crippen LogP contribution in [0.2, 0.25) is 0 Å². The van der Waals surface area contributed by atoms with Gasteiger partial charge in [-0.2, -0.15) is 5.10 Å². The lowest BCUT2D eigenvalue weighted by Gasteiger charge is -2.28. The molecule has 0 aliphatic heterocycles. The Morgan fingerprint density at radius 2 is 2.15 bits per heavy atom. The minimum absolute atomic E-state index is 0.461. The molecule has 2 rings (SSSR count). The first kappa shape index (κ1) is 14.8. The van der Waals surface area contributed by atoms with E-state index < -0.39 is 0 Å². The van der Waals surface area contributed by atoms with E-state index >= 15 is 0 Å². The summed E-state index contributed by atoms with van der Waals surface area (Å²) >= 11 is 0. The molecule has 6 nitrogen and oxygen atoms in total. The molecule has 0 bridgehead atoms. The number of hydrogen-bond donors (Lipinski definition) is 2. The Bertz CT molecular complexity index is 444. The van der Waals surface area contributed by atoms with Crippen molar-refractivity contribution in [1.29, 1.82) is 0 Å². The van der Waals surface area contributed by atoms with Gasteiger partial charge in [-0.3, -0.25) is 9.67 Å². The maximum Gasteiger partial charge on any atom is 0.191 e. The van der Waals surface area contributed by atoms with Gasteiger partial charge in [0.1, 0.15) is 12.2 Å². The molecule has 0 saturated heterocycles. The summed E-state index contributed by atoms with van der Waals surface area (Å²) in [4.78, 5) is 8.48. The van der Waals surface area contributed by atoms with E-state index in [1.165, 1.54) is 32.1 Å². The maximum absolute atomic E-state index is 4.28. The van der Waals surface area contributed by atoms with Crippen LogP contribution in [0.4, 0.5) is 0 Å². The number of aliphatic imine (C=N–C) groups is 1. The van der Waals surface area contributed by atoms with E-state index in [0.29, 0.717) is 12.0 Å². The molecule has 0 amide bonds. The Morgan fingerprint density at radius 3 is 2.70 bits per heavy atom. The fourth-order valence-corrected chi connectivity index (χ4v) is 2.92. The maximum atomic E-state index is 4.28. The zero-order valence-corrected chi connectivity index (χ0v) is 12.8. The lowest BCUT2D eigenvalue weighted by atomic mass is 9.83. The van der Waals surface area contributed by atoms with Crippen molar-refractivity contribution >= 4 is 5.96 Å². The molecule has 6 heteroatoms. The molecule has 20 heavy (non-hydrogen) atoms. The second-order valence-corrected chi connectivity index (χ2v) is 5.64. The zero-order valence-electron chi connectivity index (χ0n) is 12.8. The van der Waals surface area contributed by atoms with Crippen molar-refractivity contribution in [1.82, 2.24) is 25.4 Å². The van der Waals surface area contributed by atoms with E-state index in [1.54, 1.807) is 18.1 Å². The van der Waals surface area contributed by atoms with Crippen LogP contribution in [-0.4, -0.2) is 34.3 Å². The van der Waals surface area contributed by atoms with Crippen molar-refractivity contribution in [3.05, 3.63) is 12.2 Å². The summed E-state index contributed by atoms with van der Waals surface area (Å²) in [5.74, 6) is 1.74. The van der Waals surface area contributed by atoms with Crippen LogP contribution in [0.5, 0.6) is 0 Å². The van der Waals surface area contributed by atoms with E-state index in [4.69, 9.17) is 0 Å². The van der Waals surface area contributed by atoms with Gasteiger partial charge in [-0.05, 0) is 24.7 Å². The molecule has 0 aromatic carbocycles. The quantitative estimate of drug-likeness (QED) is 0.632. The van der Waals surface area contributed by atoms with Crippen LogP contribution in [-0.2, 0) is 13.6 Å². The van der Waals surface area contributed by atoms with Crippen molar-refractivity contribution in [2.45, 2.75) is 45.6 Å². The summed E-state index contributed by atoms with van der Waals surface area (Å²) < 4.78 is 1.77. The lowest BCUT2D eigenvalue weighted by molar-refractivity contribution is 0.283. The molecule has 0 radical (unpaired) electrons. The van der Waals surface area contributed by atoms with Gasteiger partial charge in [0.25, 0.3) is 0 Å². The minimum Gasteiger partial charge on any atom is -0.356 e. The first-order chi connectivity index (χ1) is 9.69. The number of hydrogen-bond acceptors (Lipinski definition) is 3. The van der Waals surface area contributed by atoms with E-state index in [1.807, 2.05) is 7.05 Å².